The Balaban J connectivity index is 1.98. The molecule has 0 aromatic heterocycles. The van der Waals surface area contributed by atoms with Gasteiger partial charge in [0.2, 0.25) is 5.75 Å². The third-order valence-electron chi connectivity index (χ3n) is 4.23. The van der Waals surface area contributed by atoms with Gasteiger partial charge in [-0.05, 0) is 61.0 Å². The Hall–Kier alpha value is -3.00. The molecule has 162 valence electrons. The molecule has 2 aromatic rings. The predicted molar refractivity (Wildman–Crippen MR) is 121 cm³/mol. The number of anilines is 1. The fraction of sp³-hybridized carbons (Fsp3) is 0.364. The lowest BCUT2D eigenvalue weighted by molar-refractivity contribution is 0.0977. The minimum absolute atomic E-state index is 0.169. The maximum Gasteiger partial charge on any atom is 0.257 e. The molecule has 0 bridgehead atoms. The normalized spacial score (nSPS) is 10.3. The summed E-state index contributed by atoms with van der Waals surface area (Å²) in [6, 6.07) is 10.5. The topological polar surface area (TPSA) is 78.1 Å². The summed E-state index contributed by atoms with van der Waals surface area (Å²) in [4.78, 5) is 12.6. The van der Waals surface area contributed by atoms with E-state index in [0.717, 1.165) is 17.9 Å². The monoisotopic (exact) mass is 432 g/mol. The van der Waals surface area contributed by atoms with Crippen LogP contribution in [0.3, 0.4) is 0 Å². The third-order valence-corrected chi connectivity index (χ3v) is 4.43. The lowest BCUT2D eigenvalue weighted by atomic mass is 10.1. The number of carbonyl (C=O) groups is 1. The van der Waals surface area contributed by atoms with Crippen molar-refractivity contribution < 1.29 is 23.7 Å². The average Bonchev–Trinajstić information content (AvgIpc) is 2.73. The molecule has 0 saturated carbocycles. The van der Waals surface area contributed by atoms with Gasteiger partial charge >= 0.3 is 0 Å². The molecule has 30 heavy (non-hydrogen) atoms. The molecule has 0 aliphatic heterocycles. The number of benzene rings is 2. The van der Waals surface area contributed by atoms with Gasteiger partial charge in [0.1, 0.15) is 5.75 Å². The standard InChI is InChI=1S/C22H28N2O5S/c1-14(2)10-11-29-17-8-6-16(7-9-17)23-22(30)24-21(25)15-12-18(26-3)20(28-5)19(13-15)27-4/h6-9,12-14H,10-11H2,1-5H3,(H2,23,24,25,30). The van der Waals surface area contributed by atoms with Crippen LogP contribution in [0.2, 0.25) is 0 Å². The highest BCUT2D eigenvalue weighted by Crippen LogP contribution is 2.38. The summed E-state index contributed by atoms with van der Waals surface area (Å²) in [6.07, 6.45) is 0.997. The number of carbonyl (C=O) groups excluding carboxylic acids is 1. The Bertz CT molecular complexity index is 843. The van der Waals surface area contributed by atoms with Crippen molar-refractivity contribution in [1.82, 2.24) is 5.32 Å². The smallest absolute Gasteiger partial charge is 0.257 e. The van der Waals surface area contributed by atoms with E-state index in [-0.39, 0.29) is 5.11 Å². The number of thiocarbonyl (C=S) groups is 1. The molecular formula is C22H28N2O5S. The van der Waals surface area contributed by atoms with Crippen LogP contribution in [0, 0.1) is 5.92 Å². The Kier molecular flexibility index (Phi) is 8.73. The van der Waals surface area contributed by atoms with Gasteiger partial charge in [-0.25, -0.2) is 0 Å². The zero-order valence-electron chi connectivity index (χ0n) is 17.9. The first-order chi connectivity index (χ1) is 14.4. The van der Waals surface area contributed by atoms with Crippen LogP contribution < -0.4 is 29.6 Å². The molecule has 7 nitrogen and oxygen atoms in total. The van der Waals surface area contributed by atoms with Crippen LogP contribution in [0.4, 0.5) is 5.69 Å². The summed E-state index contributed by atoms with van der Waals surface area (Å²) in [5.74, 6) is 2.15. The number of amides is 1. The number of hydrogen-bond acceptors (Lipinski definition) is 6. The van der Waals surface area contributed by atoms with Gasteiger partial charge in [-0.15, -0.1) is 0 Å². The fourth-order valence-electron chi connectivity index (χ4n) is 2.60. The highest BCUT2D eigenvalue weighted by Gasteiger charge is 2.17. The van der Waals surface area contributed by atoms with Gasteiger partial charge in [-0.3, -0.25) is 10.1 Å². The van der Waals surface area contributed by atoms with Crippen LogP contribution in [0.5, 0.6) is 23.0 Å². The average molecular weight is 433 g/mol. The van der Waals surface area contributed by atoms with E-state index in [1.165, 1.54) is 21.3 Å². The number of ether oxygens (including phenoxy) is 4. The molecule has 0 spiro atoms. The van der Waals surface area contributed by atoms with E-state index in [1.807, 2.05) is 24.3 Å². The molecule has 2 N–H and O–H groups in total. The second kappa shape index (κ2) is 11.3. The summed E-state index contributed by atoms with van der Waals surface area (Å²) >= 11 is 5.25. The largest absolute Gasteiger partial charge is 0.494 e. The van der Waals surface area contributed by atoms with Crippen molar-refractivity contribution in [3.8, 4) is 23.0 Å². The lowest BCUT2D eigenvalue weighted by Gasteiger charge is -2.15. The van der Waals surface area contributed by atoms with Crippen LogP contribution in [0.1, 0.15) is 30.6 Å². The molecule has 0 saturated heterocycles. The van der Waals surface area contributed by atoms with E-state index >= 15 is 0 Å². The van der Waals surface area contributed by atoms with Crippen LogP contribution >= 0.6 is 12.2 Å². The number of hydrogen-bond donors (Lipinski definition) is 2. The quantitative estimate of drug-likeness (QED) is 0.573. The Morgan fingerprint density at radius 2 is 1.60 bits per heavy atom. The molecule has 8 heteroatoms. The molecule has 1 amide bonds. The minimum Gasteiger partial charge on any atom is -0.494 e. The minimum atomic E-state index is -0.402. The van der Waals surface area contributed by atoms with Crippen molar-refractivity contribution in [2.24, 2.45) is 5.92 Å². The molecule has 0 unspecified atom stereocenters. The highest BCUT2D eigenvalue weighted by molar-refractivity contribution is 7.80. The number of rotatable bonds is 9. The van der Waals surface area contributed by atoms with E-state index in [9.17, 15) is 4.79 Å². The summed E-state index contributed by atoms with van der Waals surface area (Å²) in [5.41, 5.74) is 1.06. The lowest BCUT2D eigenvalue weighted by Crippen LogP contribution is -2.34. The third kappa shape index (κ3) is 6.52. The number of nitrogens with one attached hydrogen (secondary N) is 2. The van der Waals surface area contributed by atoms with Gasteiger partial charge in [-0.1, -0.05) is 13.8 Å². The van der Waals surface area contributed by atoms with Gasteiger partial charge in [-0.2, -0.15) is 0 Å². The van der Waals surface area contributed by atoms with E-state index < -0.39 is 5.91 Å². The first-order valence-electron chi connectivity index (χ1n) is 9.53. The highest BCUT2D eigenvalue weighted by atomic mass is 32.1. The van der Waals surface area contributed by atoms with E-state index in [0.29, 0.717) is 35.3 Å². The molecular weight excluding hydrogens is 404 g/mol. The summed E-state index contributed by atoms with van der Waals surface area (Å²) in [6.45, 7) is 4.99. The van der Waals surface area contributed by atoms with Gasteiger partial charge < -0.3 is 24.3 Å². The molecule has 0 radical (unpaired) electrons. The Labute approximate surface area is 182 Å². The van der Waals surface area contributed by atoms with Gasteiger partial charge in [0.25, 0.3) is 5.91 Å². The number of methoxy groups -OCH3 is 3. The van der Waals surface area contributed by atoms with Gasteiger partial charge in [0, 0.05) is 11.3 Å². The van der Waals surface area contributed by atoms with Crippen molar-refractivity contribution in [3.63, 3.8) is 0 Å². The van der Waals surface area contributed by atoms with Crippen molar-refractivity contribution in [2.45, 2.75) is 20.3 Å². The fourth-order valence-corrected chi connectivity index (χ4v) is 2.81. The summed E-state index contributed by atoms with van der Waals surface area (Å²) in [5, 5.41) is 5.79. The van der Waals surface area contributed by atoms with Gasteiger partial charge in [0.15, 0.2) is 16.6 Å². The van der Waals surface area contributed by atoms with Crippen molar-refractivity contribution >= 4 is 28.9 Å². The molecule has 2 rings (SSSR count). The van der Waals surface area contributed by atoms with Crippen LogP contribution in [-0.2, 0) is 0 Å². The Morgan fingerprint density at radius 1 is 1.00 bits per heavy atom. The van der Waals surface area contributed by atoms with Crippen molar-refractivity contribution in [3.05, 3.63) is 42.0 Å². The van der Waals surface area contributed by atoms with Crippen molar-refractivity contribution in [2.75, 3.05) is 33.3 Å². The van der Waals surface area contributed by atoms with Crippen LogP contribution in [0.25, 0.3) is 0 Å². The first-order valence-corrected chi connectivity index (χ1v) is 9.94. The summed E-state index contributed by atoms with van der Waals surface area (Å²) < 4.78 is 21.5. The maximum absolute atomic E-state index is 12.6. The van der Waals surface area contributed by atoms with Gasteiger partial charge in [0.05, 0.1) is 27.9 Å². The molecule has 2 aromatic carbocycles. The van der Waals surface area contributed by atoms with Crippen LogP contribution in [0.15, 0.2) is 36.4 Å². The second-order valence-corrected chi connectivity index (χ2v) is 7.29. The van der Waals surface area contributed by atoms with E-state index in [2.05, 4.69) is 24.5 Å². The summed E-state index contributed by atoms with van der Waals surface area (Å²) in [7, 11) is 4.47. The second-order valence-electron chi connectivity index (χ2n) is 6.88. The first kappa shape index (κ1) is 23.3. The Morgan fingerprint density at radius 3 is 2.10 bits per heavy atom. The molecule has 0 heterocycles. The molecule has 0 aliphatic carbocycles. The predicted octanol–water partition coefficient (Wildman–Crippen LogP) is 4.26. The SMILES string of the molecule is COc1cc(C(=O)NC(=S)Nc2ccc(OCCC(C)C)cc2)cc(OC)c1OC. The van der Waals surface area contributed by atoms with E-state index in [1.54, 1.807) is 12.1 Å². The molecule has 0 atom stereocenters. The maximum atomic E-state index is 12.6. The van der Waals surface area contributed by atoms with Crippen LogP contribution in [-0.4, -0.2) is 39.0 Å². The molecule has 0 fully saturated rings. The zero-order valence-corrected chi connectivity index (χ0v) is 18.7. The van der Waals surface area contributed by atoms with Crippen molar-refractivity contribution in [1.29, 1.82) is 0 Å². The molecule has 0 aliphatic rings. The van der Waals surface area contributed by atoms with E-state index in [4.69, 9.17) is 31.2 Å². The zero-order chi connectivity index (χ0) is 22.1.